The standard InChI is InChI=1S/C9H12O3/c1-6(10)8-5-7(12-2)3-4-9(8)11/h3-6,10-11H,1-2H3/t6-/m1/s1. The van der Waals surface area contributed by atoms with E-state index in [-0.39, 0.29) is 5.75 Å². The lowest BCUT2D eigenvalue weighted by Gasteiger charge is -2.08. The lowest BCUT2D eigenvalue weighted by Crippen LogP contribution is -1.92. The SMILES string of the molecule is COc1ccc(O)c([C@@H](C)O)c1. The van der Waals surface area contributed by atoms with Gasteiger partial charge in [-0.1, -0.05) is 0 Å². The Hall–Kier alpha value is -1.22. The highest BCUT2D eigenvalue weighted by molar-refractivity contribution is 5.40. The number of aliphatic hydroxyl groups excluding tert-OH is 1. The topological polar surface area (TPSA) is 49.7 Å². The van der Waals surface area contributed by atoms with Gasteiger partial charge in [-0.05, 0) is 25.1 Å². The van der Waals surface area contributed by atoms with Crippen LogP contribution in [0.25, 0.3) is 0 Å². The van der Waals surface area contributed by atoms with Crippen molar-refractivity contribution in [3.8, 4) is 11.5 Å². The molecular formula is C9H12O3. The third kappa shape index (κ3) is 1.68. The summed E-state index contributed by atoms with van der Waals surface area (Å²) in [5, 5.41) is 18.5. The highest BCUT2D eigenvalue weighted by atomic mass is 16.5. The number of rotatable bonds is 2. The van der Waals surface area contributed by atoms with Gasteiger partial charge in [0.1, 0.15) is 11.5 Å². The molecule has 0 heterocycles. The van der Waals surface area contributed by atoms with Crippen LogP contribution in [-0.2, 0) is 0 Å². The van der Waals surface area contributed by atoms with E-state index in [0.29, 0.717) is 11.3 Å². The summed E-state index contributed by atoms with van der Waals surface area (Å²) in [4.78, 5) is 0. The Labute approximate surface area is 71.2 Å². The molecule has 1 aromatic carbocycles. The summed E-state index contributed by atoms with van der Waals surface area (Å²) in [5.41, 5.74) is 0.481. The maximum absolute atomic E-state index is 9.29. The van der Waals surface area contributed by atoms with Crippen molar-refractivity contribution in [2.75, 3.05) is 7.11 Å². The highest BCUT2D eigenvalue weighted by Crippen LogP contribution is 2.27. The fraction of sp³-hybridized carbons (Fsp3) is 0.333. The molecule has 1 rings (SSSR count). The molecule has 0 aliphatic heterocycles. The number of phenols is 1. The molecule has 0 saturated carbocycles. The van der Waals surface area contributed by atoms with Gasteiger partial charge in [-0.25, -0.2) is 0 Å². The zero-order chi connectivity index (χ0) is 9.14. The lowest BCUT2D eigenvalue weighted by atomic mass is 10.1. The molecule has 0 unspecified atom stereocenters. The second-order valence-electron chi connectivity index (χ2n) is 2.60. The smallest absolute Gasteiger partial charge is 0.121 e. The first-order chi connectivity index (χ1) is 5.65. The minimum atomic E-state index is -0.680. The van der Waals surface area contributed by atoms with Crippen molar-refractivity contribution in [3.05, 3.63) is 23.8 Å². The van der Waals surface area contributed by atoms with Crippen molar-refractivity contribution < 1.29 is 14.9 Å². The predicted molar refractivity (Wildman–Crippen MR) is 45.3 cm³/mol. The Morgan fingerprint density at radius 1 is 1.42 bits per heavy atom. The van der Waals surface area contributed by atoms with Crippen LogP contribution in [0.2, 0.25) is 0 Å². The zero-order valence-electron chi connectivity index (χ0n) is 7.11. The molecule has 12 heavy (non-hydrogen) atoms. The summed E-state index contributed by atoms with van der Waals surface area (Å²) in [7, 11) is 1.54. The Bertz CT molecular complexity index is 268. The average molecular weight is 168 g/mol. The first-order valence-corrected chi connectivity index (χ1v) is 3.70. The molecule has 0 aliphatic rings. The molecule has 3 heteroatoms. The molecule has 0 spiro atoms. The van der Waals surface area contributed by atoms with E-state index in [1.807, 2.05) is 0 Å². The van der Waals surface area contributed by atoms with E-state index in [4.69, 9.17) is 4.74 Å². The third-order valence-electron chi connectivity index (χ3n) is 1.68. The van der Waals surface area contributed by atoms with Crippen LogP contribution < -0.4 is 4.74 Å². The Balaban J connectivity index is 3.08. The molecule has 0 aliphatic carbocycles. The van der Waals surface area contributed by atoms with Crippen LogP contribution >= 0.6 is 0 Å². The first kappa shape index (κ1) is 8.87. The summed E-state index contributed by atoms with van der Waals surface area (Å²) in [5.74, 6) is 0.717. The molecule has 1 atom stereocenters. The van der Waals surface area contributed by atoms with Crippen molar-refractivity contribution in [1.29, 1.82) is 0 Å². The molecule has 0 saturated heterocycles. The maximum Gasteiger partial charge on any atom is 0.121 e. The van der Waals surface area contributed by atoms with Gasteiger partial charge < -0.3 is 14.9 Å². The molecule has 0 bridgehead atoms. The van der Waals surface area contributed by atoms with Gasteiger partial charge in [-0.2, -0.15) is 0 Å². The predicted octanol–water partition coefficient (Wildman–Crippen LogP) is 1.45. The van der Waals surface area contributed by atoms with Crippen LogP contribution in [0, 0.1) is 0 Å². The van der Waals surface area contributed by atoms with E-state index in [1.165, 1.54) is 13.2 Å². The van der Waals surface area contributed by atoms with Gasteiger partial charge in [0, 0.05) is 5.56 Å². The molecule has 66 valence electrons. The number of ether oxygens (including phenoxy) is 1. The number of hydrogen-bond acceptors (Lipinski definition) is 3. The van der Waals surface area contributed by atoms with E-state index >= 15 is 0 Å². The van der Waals surface area contributed by atoms with Crippen LogP contribution in [-0.4, -0.2) is 17.3 Å². The van der Waals surface area contributed by atoms with Gasteiger partial charge in [-0.15, -0.1) is 0 Å². The second-order valence-corrected chi connectivity index (χ2v) is 2.60. The quantitative estimate of drug-likeness (QED) is 0.702. The molecule has 0 aromatic heterocycles. The molecule has 2 N–H and O–H groups in total. The van der Waals surface area contributed by atoms with Gasteiger partial charge in [0.15, 0.2) is 0 Å². The normalized spacial score (nSPS) is 12.6. The number of aromatic hydroxyl groups is 1. The number of hydrogen-bond donors (Lipinski definition) is 2. The fourth-order valence-corrected chi connectivity index (χ4v) is 0.994. The number of aliphatic hydroxyl groups is 1. The average Bonchev–Trinajstić information content (AvgIpc) is 2.05. The summed E-state index contributed by atoms with van der Waals surface area (Å²) in [6.07, 6.45) is -0.680. The van der Waals surface area contributed by atoms with E-state index in [1.54, 1.807) is 19.1 Å². The van der Waals surface area contributed by atoms with Crippen molar-refractivity contribution in [2.24, 2.45) is 0 Å². The first-order valence-electron chi connectivity index (χ1n) is 3.70. The van der Waals surface area contributed by atoms with Gasteiger partial charge in [0.2, 0.25) is 0 Å². The van der Waals surface area contributed by atoms with Crippen molar-refractivity contribution in [1.82, 2.24) is 0 Å². The van der Waals surface area contributed by atoms with Gasteiger partial charge in [0.25, 0.3) is 0 Å². The summed E-state index contributed by atoms with van der Waals surface area (Å²) < 4.78 is 4.94. The van der Waals surface area contributed by atoms with E-state index < -0.39 is 6.10 Å². The molecule has 0 fully saturated rings. The maximum atomic E-state index is 9.29. The van der Waals surface area contributed by atoms with E-state index in [9.17, 15) is 10.2 Å². The number of phenolic OH excluding ortho intramolecular Hbond substituents is 1. The van der Waals surface area contributed by atoms with Crippen LogP contribution in [0.3, 0.4) is 0 Å². The van der Waals surface area contributed by atoms with E-state index in [0.717, 1.165) is 0 Å². The minimum absolute atomic E-state index is 0.0887. The minimum Gasteiger partial charge on any atom is -0.508 e. The third-order valence-corrected chi connectivity index (χ3v) is 1.68. The Kier molecular flexibility index (Phi) is 2.55. The van der Waals surface area contributed by atoms with Gasteiger partial charge >= 0.3 is 0 Å². The summed E-state index contributed by atoms with van der Waals surface area (Å²) >= 11 is 0. The Morgan fingerprint density at radius 2 is 2.08 bits per heavy atom. The fourth-order valence-electron chi connectivity index (χ4n) is 0.994. The monoisotopic (exact) mass is 168 g/mol. The molecular weight excluding hydrogens is 156 g/mol. The van der Waals surface area contributed by atoms with Crippen LogP contribution in [0.15, 0.2) is 18.2 Å². The zero-order valence-corrected chi connectivity index (χ0v) is 7.11. The molecule has 0 amide bonds. The number of methoxy groups -OCH3 is 1. The van der Waals surface area contributed by atoms with Crippen molar-refractivity contribution >= 4 is 0 Å². The lowest BCUT2D eigenvalue weighted by molar-refractivity contribution is 0.194. The Morgan fingerprint density at radius 3 is 2.58 bits per heavy atom. The molecule has 1 aromatic rings. The van der Waals surface area contributed by atoms with Crippen molar-refractivity contribution in [2.45, 2.75) is 13.0 Å². The van der Waals surface area contributed by atoms with Gasteiger partial charge in [0.05, 0.1) is 13.2 Å². The molecule has 0 radical (unpaired) electrons. The van der Waals surface area contributed by atoms with Crippen LogP contribution in [0.5, 0.6) is 11.5 Å². The van der Waals surface area contributed by atoms with Crippen molar-refractivity contribution in [3.63, 3.8) is 0 Å². The summed E-state index contributed by atoms with van der Waals surface area (Å²) in [6.45, 7) is 1.59. The van der Waals surface area contributed by atoms with Gasteiger partial charge in [-0.3, -0.25) is 0 Å². The van der Waals surface area contributed by atoms with E-state index in [2.05, 4.69) is 0 Å². The summed E-state index contributed by atoms with van der Waals surface area (Å²) in [6, 6.07) is 4.75. The van der Waals surface area contributed by atoms with Crippen LogP contribution in [0.4, 0.5) is 0 Å². The number of benzene rings is 1. The van der Waals surface area contributed by atoms with Crippen LogP contribution in [0.1, 0.15) is 18.6 Å². The highest BCUT2D eigenvalue weighted by Gasteiger charge is 2.07. The molecule has 3 nitrogen and oxygen atoms in total. The second kappa shape index (κ2) is 3.45. The largest absolute Gasteiger partial charge is 0.508 e.